The van der Waals surface area contributed by atoms with Gasteiger partial charge in [0.05, 0.1) is 11.1 Å². The maximum Gasteiger partial charge on any atom is 0.346 e. The zero-order valence-corrected chi connectivity index (χ0v) is 23.9. The highest BCUT2D eigenvalue weighted by Gasteiger charge is 2.35. The Labute approximate surface area is 243 Å². The molecule has 0 bridgehead atoms. The quantitative estimate of drug-likeness (QED) is 0.0404. The molecule has 212 valence electrons. The molecule has 5 aromatic rings. The van der Waals surface area contributed by atoms with Gasteiger partial charge in [-0.25, -0.2) is 9.59 Å². The molecule has 0 aliphatic carbocycles. The maximum atomic E-state index is 13.7. The second kappa shape index (κ2) is 10.5. The van der Waals surface area contributed by atoms with E-state index < -0.39 is 11.9 Å². The molecule has 2 amide bonds. The number of nitrogens with zero attached hydrogens (tertiary/aromatic N) is 1. The first-order valence-electron chi connectivity index (χ1n) is 15.3. The van der Waals surface area contributed by atoms with Gasteiger partial charge in [-0.3, -0.25) is 14.5 Å². The van der Waals surface area contributed by atoms with Gasteiger partial charge < -0.3 is 4.74 Å². The van der Waals surface area contributed by atoms with Crippen LogP contribution < -0.4 is 0 Å². The number of carbonyl (C=O) groups is 4. The van der Waals surface area contributed by atoms with Crippen LogP contribution in [0.3, 0.4) is 0 Å². The number of carbonyl (C=O) groups excluding carboxylic acids is 4. The van der Waals surface area contributed by atoms with Crippen molar-refractivity contribution >= 4 is 66.8 Å². The van der Waals surface area contributed by atoms with E-state index in [1.165, 1.54) is 49.8 Å². The number of esters is 2. The first kappa shape index (κ1) is 26.6. The van der Waals surface area contributed by atoms with Gasteiger partial charge in [0.15, 0.2) is 0 Å². The second-order valence-electron chi connectivity index (χ2n) is 11.8. The summed E-state index contributed by atoms with van der Waals surface area (Å²) in [7, 11) is 0. The van der Waals surface area contributed by atoms with Gasteiger partial charge in [0.2, 0.25) is 0 Å². The second-order valence-corrected chi connectivity index (χ2v) is 11.8. The molecule has 2 aliphatic rings. The van der Waals surface area contributed by atoms with Crippen molar-refractivity contribution in [3.05, 3.63) is 70.8 Å². The van der Waals surface area contributed by atoms with Crippen molar-refractivity contribution in [1.82, 2.24) is 4.90 Å². The van der Waals surface area contributed by atoms with Crippen LogP contribution in [0.25, 0.3) is 43.1 Å². The SMILES string of the molecule is CCCCCCCCCCCCN1C(=O)c2ccc3c4ccc5c6c(ccc(c7ccc(c2c37)C1=O)c64)C(=O)OC5=O. The highest BCUT2D eigenvalue weighted by Crippen LogP contribution is 2.46. The maximum absolute atomic E-state index is 13.7. The number of unbranched alkanes of at least 4 members (excludes halogenated alkanes) is 9. The van der Waals surface area contributed by atoms with Gasteiger partial charge in [0, 0.05) is 28.4 Å². The van der Waals surface area contributed by atoms with Crippen molar-refractivity contribution in [2.45, 2.75) is 71.1 Å². The van der Waals surface area contributed by atoms with Crippen LogP contribution in [0, 0.1) is 0 Å². The minimum absolute atomic E-state index is 0.239. The van der Waals surface area contributed by atoms with E-state index in [9.17, 15) is 19.2 Å². The highest BCUT2D eigenvalue weighted by molar-refractivity contribution is 6.40. The molecule has 0 spiro atoms. The van der Waals surface area contributed by atoms with Crippen molar-refractivity contribution in [3.8, 4) is 0 Å². The van der Waals surface area contributed by atoms with Crippen LogP contribution >= 0.6 is 0 Å². The Morgan fingerprint density at radius 3 is 1.31 bits per heavy atom. The number of cyclic esters (lactones) is 2. The fourth-order valence-corrected chi connectivity index (χ4v) is 7.12. The van der Waals surface area contributed by atoms with Crippen LogP contribution in [-0.2, 0) is 4.74 Å². The number of amides is 2. The predicted octanol–water partition coefficient (Wildman–Crippen LogP) is 8.56. The average molecular weight is 560 g/mol. The first-order valence-corrected chi connectivity index (χ1v) is 15.3. The van der Waals surface area contributed by atoms with Crippen LogP contribution in [0.4, 0.5) is 0 Å². The lowest BCUT2D eigenvalue weighted by Gasteiger charge is -2.29. The predicted molar refractivity (Wildman–Crippen MR) is 165 cm³/mol. The van der Waals surface area contributed by atoms with Crippen molar-refractivity contribution < 1.29 is 23.9 Å². The minimum Gasteiger partial charge on any atom is -0.386 e. The van der Waals surface area contributed by atoms with Crippen molar-refractivity contribution in [3.63, 3.8) is 0 Å². The van der Waals surface area contributed by atoms with Gasteiger partial charge in [-0.1, -0.05) is 89.0 Å². The third-order valence-electron chi connectivity index (χ3n) is 9.21. The van der Waals surface area contributed by atoms with E-state index in [-0.39, 0.29) is 11.8 Å². The zero-order chi connectivity index (χ0) is 29.0. The smallest absolute Gasteiger partial charge is 0.346 e. The molecular formula is C36H33NO5. The summed E-state index contributed by atoms with van der Waals surface area (Å²) in [5.41, 5.74) is 1.83. The summed E-state index contributed by atoms with van der Waals surface area (Å²) in [6.45, 7) is 2.66. The minimum atomic E-state index is -0.647. The topological polar surface area (TPSA) is 80.8 Å². The van der Waals surface area contributed by atoms with E-state index >= 15 is 0 Å². The Morgan fingerprint density at radius 1 is 0.476 bits per heavy atom. The normalized spacial score (nSPS) is 14.7. The zero-order valence-electron chi connectivity index (χ0n) is 23.9. The molecule has 0 N–H and O–H groups in total. The van der Waals surface area contributed by atoms with E-state index in [2.05, 4.69) is 6.92 Å². The van der Waals surface area contributed by atoms with Crippen LogP contribution in [0.15, 0.2) is 48.5 Å². The molecule has 0 saturated heterocycles. The number of hydrogen-bond donors (Lipinski definition) is 0. The van der Waals surface area contributed by atoms with Crippen LogP contribution in [0.1, 0.15) is 113 Å². The molecular weight excluding hydrogens is 526 g/mol. The Kier molecular flexibility index (Phi) is 6.64. The molecule has 0 atom stereocenters. The Morgan fingerprint density at radius 2 is 0.857 bits per heavy atom. The first-order chi connectivity index (χ1) is 20.5. The lowest BCUT2D eigenvalue weighted by Crippen LogP contribution is -2.40. The lowest BCUT2D eigenvalue weighted by atomic mass is 9.83. The summed E-state index contributed by atoms with van der Waals surface area (Å²) in [5.74, 6) is -1.77. The Hall–Kier alpha value is -4.32. The molecule has 0 saturated carbocycles. The summed E-state index contributed by atoms with van der Waals surface area (Å²) in [6, 6.07) is 14.7. The molecule has 7 rings (SSSR count). The summed E-state index contributed by atoms with van der Waals surface area (Å²) in [4.78, 5) is 53.9. The van der Waals surface area contributed by atoms with E-state index in [1.807, 2.05) is 36.4 Å². The van der Waals surface area contributed by atoms with Gasteiger partial charge in [-0.05, 0) is 63.0 Å². The third kappa shape index (κ3) is 3.99. The lowest BCUT2D eigenvalue weighted by molar-refractivity contribution is 0.0390. The van der Waals surface area contributed by atoms with Gasteiger partial charge in [0.1, 0.15) is 0 Å². The molecule has 0 unspecified atom stereocenters. The standard InChI is InChI=1S/C36H33NO5/c1-2-3-4-5-6-7-8-9-10-11-20-37-33(38)25-16-12-21-23-14-18-27-32-28(36(41)42-35(27)40)19-15-24(30(23)32)22-13-17-26(34(37)39)31(25)29(21)22/h12-19H,2-11,20H2,1H3. The molecule has 0 aromatic heterocycles. The summed E-state index contributed by atoms with van der Waals surface area (Å²) < 4.78 is 4.96. The molecule has 6 nitrogen and oxygen atoms in total. The number of ether oxygens (including phenoxy) is 1. The molecule has 6 heteroatoms. The Bertz CT molecular complexity index is 1820. The van der Waals surface area contributed by atoms with Gasteiger partial charge in [0.25, 0.3) is 11.8 Å². The summed E-state index contributed by atoms with van der Waals surface area (Å²) in [5, 5.41) is 6.49. The Balaban J connectivity index is 1.21. The van der Waals surface area contributed by atoms with E-state index in [4.69, 9.17) is 4.74 Å². The van der Waals surface area contributed by atoms with Crippen LogP contribution in [0.2, 0.25) is 0 Å². The van der Waals surface area contributed by atoms with E-state index in [0.29, 0.717) is 39.6 Å². The molecule has 0 fully saturated rings. The fourth-order valence-electron chi connectivity index (χ4n) is 7.12. The number of fused-ring (bicyclic) bond motifs is 2. The summed E-state index contributed by atoms with van der Waals surface area (Å²) >= 11 is 0. The largest absolute Gasteiger partial charge is 0.386 e. The van der Waals surface area contributed by atoms with Gasteiger partial charge >= 0.3 is 11.9 Å². The monoisotopic (exact) mass is 559 g/mol. The van der Waals surface area contributed by atoms with E-state index in [1.54, 1.807) is 12.1 Å². The van der Waals surface area contributed by atoms with Gasteiger partial charge in [-0.2, -0.15) is 0 Å². The number of imide groups is 1. The molecule has 42 heavy (non-hydrogen) atoms. The molecule has 2 heterocycles. The number of rotatable bonds is 11. The summed E-state index contributed by atoms with van der Waals surface area (Å²) in [6.07, 6.45) is 11.9. The van der Waals surface area contributed by atoms with E-state index in [0.717, 1.165) is 51.6 Å². The van der Waals surface area contributed by atoms with Crippen LogP contribution in [0.5, 0.6) is 0 Å². The molecule has 2 aliphatic heterocycles. The average Bonchev–Trinajstić information content (AvgIpc) is 3.00. The van der Waals surface area contributed by atoms with Crippen molar-refractivity contribution in [2.24, 2.45) is 0 Å². The van der Waals surface area contributed by atoms with Gasteiger partial charge in [-0.15, -0.1) is 0 Å². The third-order valence-corrected chi connectivity index (χ3v) is 9.21. The fraction of sp³-hybridized carbons (Fsp3) is 0.333. The van der Waals surface area contributed by atoms with Crippen molar-refractivity contribution in [1.29, 1.82) is 0 Å². The number of benzene rings is 5. The highest BCUT2D eigenvalue weighted by atomic mass is 16.6. The van der Waals surface area contributed by atoms with Crippen molar-refractivity contribution in [2.75, 3.05) is 6.54 Å². The van der Waals surface area contributed by atoms with Crippen LogP contribution in [-0.4, -0.2) is 35.2 Å². The molecule has 0 radical (unpaired) electrons. The number of hydrogen-bond acceptors (Lipinski definition) is 5. The molecule has 5 aromatic carbocycles.